The van der Waals surface area contributed by atoms with Crippen molar-refractivity contribution in [2.75, 3.05) is 25.0 Å². The van der Waals surface area contributed by atoms with Crippen molar-refractivity contribution in [3.63, 3.8) is 0 Å². The van der Waals surface area contributed by atoms with Crippen LogP contribution in [0.1, 0.15) is 26.7 Å². The summed E-state index contributed by atoms with van der Waals surface area (Å²) in [6, 6.07) is 7.24. The molecule has 1 aliphatic heterocycles. The highest BCUT2D eigenvalue weighted by molar-refractivity contribution is 5.45. The first kappa shape index (κ1) is 13.3. The Hall–Kier alpha value is -1.09. The number of rotatable bonds is 4. The maximum atomic E-state index is 13.6. The van der Waals surface area contributed by atoms with E-state index in [1.54, 1.807) is 6.07 Å². The lowest BCUT2D eigenvalue weighted by Crippen LogP contribution is -2.41. The third-order valence-electron chi connectivity index (χ3n) is 3.95. The molecule has 0 aromatic heterocycles. The molecular weight excluding hydrogens is 227 g/mol. The van der Waals surface area contributed by atoms with Crippen molar-refractivity contribution in [1.29, 1.82) is 0 Å². The fourth-order valence-corrected chi connectivity index (χ4v) is 2.73. The Morgan fingerprint density at radius 2 is 2.22 bits per heavy atom. The standard InChI is InChI=1S/C15H23FN2/c1-3-18-10-6-7-13(11-18)12(2)17-15-9-5-4-8-14(15)16/h4-5,8-9,12-13,17H,3,6-7,10-11H2,1-2H3. The zero-order valence-corrected chi connectivity index (χ0v) is 11.3. The zero-order chi connectivity index (χ0) is 13.0. The minimum absolute atomic E-state index is 0.160. The van der Waals surface area contributed by atoms with Crippen LogP contribution in [0.2, 0.25) is 0 Å². The van der Waals surface area contributed by atoms with Gasteiger partial charge in [0.2, 0.25) is 0 Å². The molecule has 2 rings (SSSR count). The average molecular weight is 250 g/mol. The van der Waals surface area contributed by atoms with Gasteiger partial charge in [-0.1, -0.05) is 19.1 Å². The van der Waals surface area contributed by atoms with Crippen molar-refractivity contribution < 1.29 is 4.39 Å². The van der Waals surface area contributed by atoms with Gasteiger partial charge in [-0.25, -0.2) is 4.39 Å². The second kappa shape index (κ2) is 6.19. The van der Waals surface area contributed by atoms with E-state index < -0.39 is 0 Å². The lowest BCUT2D eigenvalue weighted by Gasteiger charge is -2.35. The molecule has 1 saturated heterocycles. The monoisotopic (exact) mass is 250 g/mol. The molecular formula is C15H23FN2. The first-order valence-electron chi connectivity index (χ1n) is 6.94. The number of piperidine rings is 1. The topological polar surface area (TPSA) is 15.3 Å². The van der Waals surface area contributed by atoms with Gasteiger partial charge in [0.25, 0.3) is 0 Å². The smallest absolute Gasteiger partial charge is 0.146 e. The summed E-state index contributed by atoms with van der Waals surface area (Å²) in [6.45, 7) is 7.81. The summed E-state index contributed by atoms with van der Waals surface area (Å²) in [5, 5.41) is 3.32. The fourth-order valence-electron chi connectivity index (χ4n) is 2.73. The molecule has 1 aliphatic rings. The third-order valence-corrected chi connectivity index (χ3v) is 3.95. The third kappa shape index (κ3) is 3.22. The maximum absolute atomic E-state index is 13.6. The van der Waals surface area contributed by atoms with Crippen LogP contribution in [0.3, 0.4) is 0 Å². The number of para-hydroxylation sites is 1. The zero-order valence-electron chi connectivity index (χ0n) is 11.3. The Labute approximate surface area is 109 Å². The number of halogens is 1. The first-order chi connectivity index (χ1) is 8.70. The summed E-state index contributed by atoms with van der Waals surface area (Å²) >= 11 is 0. The molecule has 2 atom stereocenters. The molecule has 1 aromatic carbocycles. The number of anilines is 1. The van der Waals surface area contributed by atoms with Crippen LogP contribution in [0, 0.1) is 11.7 Å². The number of hydrogen-bond donors (Lipinski definition) is 1. The Morgan fingerprint density at radius 1 is 1.44 bits per heavy atom. The number of hydrogen-bond acceptors (Lipinski definition) is 2. The molecule has 1 fully saturated rings. The molecule has 0 aliphatic carbocycles. The molecule has 100 valence electrons. The molecule has 1 heterocycles. The van der Waals surface area contributed by atoms with Crippen molar-refractivity contribution in [1.82, 2.24) is 4.90 Å². The van der Waals surface area contributed by atoms with Gasteiger partial charge in [-0.05, 0) is 50.9 Å². The number of likely N-dealkylation sites (tertiary alicyclic amines) is 1. The molecule has 0 radical (unpaired) electrons. The van der Waals surface area contributed by atoms with E-state index in [2.05, 4.69) is 24.1 Å². The van der Waals surface area contributed by atoms with E-state index >= 15 is 0 Å². The number of nitrogens with zero attached hydrogens (tertiary/aromatic N) is 1. The lowest BCUT2D eigenvalue weighted by molar-refractivity contribution is 0.172. The highest BCUT2D eigenvalue weighted by atomic mass is 19.1. The van der Waals surface area contributed by atoms with Gasteiger partial charge in [0, 0.05) is 12.6 Å². The summed E-state index contributed by atoms with van der Waals surface area (Å²) < 4.78 is 13.6. The SMILES string of the molecule is CCN1CCCC(C(C)Nc2ccccc2F)C1. The van der Waals surface area contributed by atoms with Gasteiger partial charge in [0.15, 0.2) is 0 Å². The van der Waals surface area contributed by atoms with Crippen LogP contribution in [0.5, 0.6) is 0 Å². The van der Waals surface area contributed by atoms with Crippen molar-refractivity contribution in [3.05, 3.63) is 30.1 Å². The van der Waals surface area contributed by atoms with Crippen molar-refractivity contribution in [3.8, 4) is 0 Å². The van der Waals surface area contributed by atoms with Gasteiger partial charge in [0.05, 0.1) is 5.69 Å². The highest BCUT2D eigenvalue weighted by Gasteiger charge is 2.24. The van der Waals surface area contributed by atoms with Crippen LogP contribution in [0.4, 0.5) is 10.1 Å². The van der Waals surface area contributed by atoms with E-state index in [1.165, 1.54) is 25.5 Å². The average Bonchev–Trinajstić information content (AvgIpc) is 2.41. The van der Waals surface area contributed by atoms with Gasteiger partial charge in [-0.3, -0.25) is 0 Å². The van der Waals surface area contributed by atoms with Crippen LogP contribution in [-0.4, -0.2) is 30.6 Å². The molecule has 0 saturated carbocycles. The second-order valence-electron chi connectivity index (χ2n) is 5.21. The van der Waals surface area contributed by atoms with E-state index in [1.807, 2.05) is 12.1 Å². The molecule has 2 nitrogen and oxygen atoms in total. The van der Waals surface area contributed by atoms with E-state index in [0.29, 0.717) is 17.6 Å². The van der Waals surface area contributed by atoms with Crippen LogP contribution in [-0.2, 0) is 0 Å². The predicted octanol–water partition coefficient (Wildman–Crippen LogP) is 3.36. The van der Waals surface area contributed by atoms with Crippen LogP contribution < -0.4 is 5.32 Å². The van der Waals surface area contributed by atoms with Gasteiger partial charge >= 0.3 is 0 Å². The number of nitrogens with one attached hydrogen (secondary N) is 1. The molecule has 0 amide bonds. The lowest BCUT2D eigenvalue weighted by atomic mass is 9.91. The normalized spacial score (nSPS) is 22.7. The van der Waals surface area contributed by atoms with Crippen molar-refractivity contribution >= 4 is 5.69 Å². The maximum Gasteiger partial charge on any atom is 0.146 e. The second-order valence-corrected chi connectivity index (χ2v) is 5.21. The summed E-state index contributed by atoms with van der Waals surface area (Å²) in [5.41, 5.74) is 0.624. The fraction of sp³-hybridized carbons (Fsp3) is 0.600. The molecule has 3 heteroatoms. The predicted molar refractivity (Wildman–Crippen MR) is 74.3 cm³/mol. The van der Waals surface area contributed by atoms with Crippen molar-refractivity contribution in [2.45, 2.75) is 32.7 Å². The first-order valence-corrected chi connectivity index (χ1v) is 6.94. The molecule has 18 heavy (non-hydrogen) atoms. The van der Waals surface area contributed by atoms with Gasteiger partial charge in [-0.15, -0.1) is 0 Å². The van der Waals surface area contributed by atoms with E-state index in [-0.39, 0.29) is 5.82 Å². The Bertz CT molecular complexity index is 381. The summed E-state index contributed by atoms with van der Waals surface area (Å²) in [4.78, 5) is 2.48. The van der Waals surface area contributed by atoms with Gasteiger partial charge in [-0.2, -0.15) is 0 Å². The number of benzene rings is 1. The highest BCUT2D eigenvalue weighted by Crippen LogP contribution is 2.23. The van der Waals surface area contributed by atoms with E-state index in [0.717, 1.165) is 13.1 Å². The minimum Gasteiger partial charge on any atom is -0.380 e. The quantitative estimate of drug-likeness (QED) is 0.881. The Balaban J connectivity index is 1.95. The molecule has 2 unspecified atom stereocenters. The molecule has 1 N–H and O–H groups in total. The van der Waals surface area contributed by atoms with Crippen LogP contribution in [0.25, 0.3) is 0 Å². The van der Waals surface area contributed by atoms with Gasteiger partial charge < -0.3 is 10.2 Å². The summed E-state index contributed by atoms with van der Waals surface area (Å²) in [6.07, 6.45) is 2.49. The Kier molecular flexibility index (Phi) is 4.59. The van der Waals surface area contributed by atoms with E-state index in [4.69, 9.17) is 0 Å². The minimum atomic E-state index is -0.160. The summed E-state index contributed by atoms with van der Waals surface area (Å²) in [7, 11) is 0. The van der Waals surface area contributed by atoms with E-state index in [9.17, 15) is 4.39 Å². The van der Waals surface area contributed by atoms with Crippen LogP contribution >= 0.6 is 0 Å². The van der Waals surface area contributed by atoms with Gasteiger partial charge in [0.1, 0.15) is 5.82 Å². The largest absolute Gasteiger partial charge is 0.380 e. The van der Waals surface area contributed by atoms with Crippen molar-refractivity contribution in [2.24, 2.45) is 5.92 Å². The molecule has 1 aromatic rings. The van der Waals surface area contributed by atoms with Crippen LogP contribution in [0.15, 0.2) is 24.3 Å². The Morgan fingerprint density at radius 3 is 2.94 bits per heavy atom. The summed E-state index contributed by atoms with van der Waals surface area (Å²) in [5.74, 6) is 0.450. The molecule has 0 spiro atoms. The molecule has 0 bridgehead atoms.